The lowest BCUT2D eigenvalue weighted by Gasteiger charge is -2.10. The summed E-state index contributed by atoms with van der Waals surface area (Å²) < 4.78 is 1.38. The van der Waals surface area contributed by atoms with Gasteiger partial charge in [-0.05, 0) is 13.8 Å². The van der Waals surface area contributed by atoms with Crippen molar-refractivity contribution in [2.45, 2.75) is 20.4 Å². The number of rotatable bonds is 3. The lowest BCUT2D eigenvalue weighted by molar-refractivity contribution is 0.0694. The van der Waals surface area contributed by atoms with Crippen molar-refractivity contribution >= 4 is 5.97 Å². The van der Waals surface area contributed by atoms with E-state index in [9.17, 15) is 9.59 Å². The maximum absolute atomic E-state index is 11.9. The van der Waals surface area contributed by atoms with Gasteiger partial charge in [-0.1, -0.05) is 0 Å². The monoisotopic (exact) mass is 260 g/mol. The third kappa shape index (κ3) is 2.65. The number of aromatic nitrogens is 4. The van der Waals surface area contributed by atoms with E-state index in [1.54, 1.807) is 13.8 Å². The molecule has 0 radical (unpaired) electrons. The Bertz CT molecular complexity index is 694. The molecule has 19 heavy (non-hydrogen) atoms. The zero-order valence-corrected chi connectivity index (χ0v) is 10.5. The third-order valence-corrected chi connectivity index (χ3v) is 2.66. The highest BCUT2D eigenvalue weighted by molar-refractivity contribution is 5.88. The molecule has 2 aromatic rings. The summed E-state index contributed by atoms with van der Waals surface area (Å²) in [6, 6.07) is 1.40. The van der Waals surface area contributed by atoms with Crippen molar-refractivity contribution in [2.24, 2.45) is 0 Å². The Morgan fingerprint density at radius 2 is 2.16 bits per heavy atom. The van der Waals surface area contributed by atoms with Gasteiger partial charge in [0, 0.05) is 18.0 Å². The van der Waals surface area contributed by atoms with Crippen LogP contribution in [0.25, 0.3) is 0 Å². The summed E-state index contributed by atoms with van der Waals surface area (Å²) in [6.45, 7) is 3.48. The van der Waals surface area contributed by atoms with E-state index in [-0.39, 0.29) is 23.4 Å². The molecule has 1 N–H and O–H groups in total. The van der Waals surface area contributed by atoms with Crippen LogP contribution in [0, 0.1) is 13.8 Å². The SMILES string of the molecule is Cc1cc(=O)n(Cc2ncncc2C(=O)O)c(C)n1. The van der Waals surface area contributed by atoms with Crippen molar-refractivity contribution in [3.05, 3.63) is 51.7 Å². The van der Waals surface area contributed by atoms with Gasteiger partial charge in [0.25, 0.3) is 5.56 Å². The van der Waals surface area contributed by atoms with Crippen LogP contribution in [0.4, 0.5) is 0 Å². The Hall–Kier alpha value is -2.57. The van der Waals surface area contributed by atoms with Gasteiger partial charge in [0.2, 0.25) is 0 Å². The highest BCUT2D eigenvalue weighted by Gasteiger charge is 2.13. The standard InChI is InChI=1S/C12H12N4O3/c1-7-3-11(17)16(8(2)15-7)5-10-9(12(18)19)4-13-6-14-10/h3-4,6H,5H2,1-2H3,(H,18,19). The molecule has 0 unspecified atom stereocenters. The molecule has 0 aromatic carbocycles. The molecule has 2 aromatic heterocycles. The topological polar surface area (TPSA) is 98.0 Å². The molecule has 7 nitrogen and oxygen atoms in total. The molecule has 7 heteroatoms. The summed E-state index contributed by atoms with van der Waals surface area (Å²) >= 11 is 0. The molecule has 0 aliphatic carbocycles. The summed E-state index contributed by atoms with van der Waals surface area (Å²) in [5.41, 5.74) is 0.646. The van der Waals surface area contributed by atoms with Crippen LogP contribution in [0.15, 0.2) is 23.4 Å². The van der Waals surface area contributed by atoms with E-state index in [1.165, 1.54) is 23.2 Å². The van der Waals surface area contributed by atoms with Crippen LogP contribution in [-0.4, -0.2) is 30.6 Å². The minimum atomic E-state index is -1.12. The van der Waals surface area contributed by atoms with Crippen LogP contribution >= 0.6 is 0 Å². The summed E-state index contributed by atoms with van der Waals surface area (Å²) in [5.74, 6) is -0.610. The van der Waals surface area contributed by atoms with Gasteiger partial charge in [-0.25, -0.2) is 19.7 Å². The maximum atomic E-state index is 11.9. The maximum Gasteiger partial charge on any atom is 0.339 e. The lowest BCUT2D eigenvalue weighted by atomic mass is 10.2. The predicted octanol–water partition coefficient (Wildman–Crippen LogP) is 0.397. The van der Waals surface area contributed by atoms with E-state index in [0.717, 1.165) is 0 Å². The van der Waals surface area contributed by atoms with Crippen molar-refractivity contribution in [3.8, 4) is 0 Å². The molecular formula is C12H12N4O3. The molecule has 0 aliphatic rings. The van der Waals surface area contributed by atoms with Crippen LogP contribution in [0.5, 0.6) is 0 Å². The molecule has 0 amide bonds. The van der Waals surface area contributed by atoms with E-state index >= 15 is 0 Å². The highest BCUT2D eigenvalue weighted by atomic mass is 16.4. The lowest BCUT2D eigenvalue weighted by Crippen LogP contribution is -2.25. The van der Waals surface area contributed by atoms with Gasteiger partial charge in [-0.2, -0.15) is 0 Å². The van der Waals surface area contributed by atoms with E-state index in [2.05, 4.69) is 15.0 Å². The number of carbonyl (C=O) groups is 1. The summed E-state index contributed by atoms with van der Waals surface area (Å²) in [5, 5.41) is 9.04. The average molecular weight is 260 g/mol. The van der Waals surface area contributed by atoms with E-state index in [1.807, 2.05) is 0 Å². The first-order valence-corrected chi connectivity index (χ1v) is 5.56. The van der Waals surface area contributed by atoms with Crippen LogP contribution in [0.1, 0.15) is 27.6 Å². The molecule has 0 aliphatic heterocycles. The third-order valence-electron chi connectivity index (χ3n) is 2.66. The minimum Gasteiger partial charge on any atom is -0.478 e. The normalized spacial score (nSPS) is 10.4. The second-order valence-corrected chi connectivity index (χ2v) is 4.06. The summed E-state index contributed by atoms with van der Waals surface area (Å²) in [7, 11) is 0. The number of aryl methyl sites for hydroxylation is 2. The molecular weight excluding hydrogens is 248 g/mol. The second kappa shape index (κ2) is 4.97. The van der Waals surface area contributed by atoms with Gasteiger partial charge >= 0.3 is 5.97 Å². The number of aromatic carboxylic acids is 1. The Morgan fingerprint density at radius 3 is 2.79 bits per heavy atom. The van der Waals surface area contributed by atoms with Crippen LogP contribution in [0.2, 0.25) is 0 Å². The molecule has 2 rings (SSSR count). The number of carboxylic acids is 1. The molecule has 0 spiro atoms. The smallest absolute Gasteiger partial charge is 0.339 e. The van der Waals surface area contributed by atoms with Gasteiger partial charge in [-0.15, -0.1) is 0 Å². The van der Waals surface area contributed by atoms with E-state index in [0.29, 0.717) is 11.5 Å². The van der Waals surface area contributed by atoms with Crippen LogP contribution in [-0.2, 0) is 6.54 Å². The molecule has 0 saturated heterocycles. The van der Waals surface area contributed by atoms with E-state index in [4.69, 9.17) is 5.11 Å². The fourth-order valence-electron chi connectivity index (χ4n) is 1.77. The number of nitrogens with zero attached hydrogens (tertiary/aromatic N) is 4. The first kappa shape index (κ1) is 12.9. The summed E-state index contributed by atoms with van der Waals surface area (Å²) in [6.07, 6.45) is 2.47. The van der Waals surface area contributed by atoms with Crippen LogP contribution < -0.4 is 5.56 Å². The Kier molecular flexibility index (Phi) is 3.37. The highest BCUT2D eigenvalue weighted by Crippen LogP contribution is 2.06. The Labute approximate surface area is 108 Å². The van der Waals surface area contributed by atoms with Crippen molar-refractivity contribution in [1.82, 2.24) is 19.5 Å². The van der Waals surface area contributed by atoms with Crippen molar-refractivity contribution in [1.29, 1.82) is 0 Å². The van der Waals surface area contributed by atoms with Gasteiger partial charge in [-0.3, -0.25) is 9.36 Å². The number of hydrogen-bond donors (Lipinski definition) is 1. The van der Waals surface area contributed by atoms with Crippen molar-refractivity contribution in [3.63, 3.8) is 0 Å². The largest absolute Gasteiger partial charge is 0.478 e. The van der Waals surface area contributed by atoms with Crippen molar-refractivity contribution in [2.75, 3.05) is 0 Å². The first-order valence-electron chi connectivity index (χ1n) is 5.56. The number of carboxylic acid groups (broad SMARTS) is 1. The Morgan fingerprint density at radius 1 is 1.42 bits per heavy atom. The van der Waals surface area contributed by atoms with Gasteiger partial charge < -0.3 is 5.11 Å². The molecule has 0 bridgehead atoms. The van der Waals surface area contributed by atoms with E-state index < -0.39 is 5.97 Å². The zero-order chi connectivity index (χ0) is 14.0. The minimum absolute atomic E-state index is 0.0191. The molecule has 2 heterocycles. The molecule has 0 saturated carbocycles. The zero-order valence-electron chi connectivity index (χ0n) is 10.5. The predicted molar refractivity (Wildman–Crippen MR) is 66.1 cm³/mol. The van der Waals surface area contributed by atoms with Gasteiger partial charge in [0.15, 0.2) is 0 Å². The molecule has 0 atom stereocenters. The summed E-state index contributed by atoms with van der Waals surface area (Å²) in [4.78, 5) is 34.7. The van der Waals surface area contributed by atoms with Gasteiger partial charge in [0.1, 0.15) is 17.7 Å². The first-order chi connectivity index (χ1) is 8.99. The van der Waals surface area contributed by atoms with Gasteiger partial charge in [0.05, 0.1) is 12.2 Å². The molecule has 0 fully saturated rings. The molecule has 98 valence electrons. The fourth-order valence-corrected chi connectivity index (χ4v) is 1.77. The average Bonchev–Trinajstić information content (AvgIpc) is 2.34. The van der Waals surface area contributed by atoms with Crippen LogP contribution in [0.3, 0.4) is 0 Å². The van der Waals surface area contributed by atoms with Crippen molar-refractivity contribution < 1.29 is 9.90 Å². The fraction of sp³-hybridized carbons (Fsp3) is 0.250. The quantitative estimate of drug-likeness (QED) is 0.857. The number of hydrogen-bond acceptors (Lipinski definition) is 5. The Balaban J connectivity index is 2.48. The second-order valence-electron chi connectivity index (χ2n) is 4.06.